The first-order valence-electron chi connectivity index (χ1n) is 2.81. The summed E-state index contributed by atoms with van der Waals surface area (Å²) in [5.41, 5.74) is 0. The highest BCUT2D eigenvalue weighted by molar-refractivity contribution is 8.02. The van der Waals surface area contributed by atoms with Crippen molar-refractivity contribution in [3.8, 4) is 0 Å². The van der Waals surface area contributed by atoms with Gasteiger partial charge in [-0.05, 0) is 18.1 Å². The van der Waals surface area contributed by atoms with Crippen molar-refractivity contribution in [2.75, 3.05) is 5.75 Å². The molecule has 0 rings (SSSR count). The summed E-state index contributed by atoms with van der Waals surface area (Å²) in [7, 11) is 0. The van der Waals surface area contributed by atoms with Crippen LogP contribution in [0.3, 0.4) is 0 Å². The molecule has 1 heteroatoms. The summed E-state index contributed by atoms with van der Waals surface area (Å²) < 4.78 is 0. The third kappa shape index (κ3) is 5.83. The van der Waals surface area contributed by atoms with Crippen molar-refractivity contribution in [1.29, 1.82) is 0 Å². The van der Waals surface area contributed by atoms with Gasteiger partial charge in [0.1, 0.15) is 0 Å². The molecule has 0 saturated carbocycles. The van der Waals surface area contributed by atoms with Gasteiger partial charge in [0.2, 0.25) is 0 Å². The van der Waals surface area contributed by atoms with E-state index < -0.39 is 0 Å². The van der Waals surface area contributed by atoms with Gasteiger partial charge in [0.15, 0.2) is 0 Å². The van der Waals surface area contributed by atoms with Crippen LogP contribution in [-0.2, 0) is 0 Å². The molecule has 0 aromatic heterocycles. The maximum absolute atomic E-state index is 2.14. The van der Waals surface area contributed by atoms with Gasteiger partial charge in [-0.1, -0.05) is 25.2 Å². The maximum atomic E-state index is 2.14. The Hall–Kier alpha value is -0.170. The highest BCUT2D eigenvalue weighted by atomic mass is 32.2. The quantitative estimate of drug-likeness (QED) is 0.527. The standard InChI is InChI=1S/C7H12S/c1-3-5-6-7-8-4-2/h3,5-7H,4H2,1-2H3/b5-3-,7-6-. The Balaban J connectivity index is 3.07. The van der Waals surface area contributed by atoms with E-state index >= 15 is 0 Å². The largest absolute Gasteiger partial charge is 0.134 e. The molecular formula is C7H12S. The summed E-state index contributed by atoms with van der Waals surface area (Å²) in [5.74, 6) is 1.16. The smallest absolute Gasteiger partial charge is 0.00544 e. The summed E-state index contributed by atoms with van der Waals surface area (Å²) >= 11 is 1.82. The Morgan fingerprint density at radius 3 is 2.62 bits per heavy atom. The molecule has 0 heterocycles. The zero-order valence-electron chi connectivity index (χ0n) is 5.42. The lowest BCUT2D eigenvalue weighted by atomic mass is 10.5. The van der Waals surface area contributed by atoms with Gasteiger partial charge in [-0.15, -0.1) is 11.8 Å². The summed E-state index contributed by atoms with van der Waals surface area (Å²) in [6.07, 6.45) is 6.10. The van der Waals surface area contributed by atoms with Crippen LogP contribution in [0, 0.1) is 0 Å². The topological polar surface area (TPSA) is 0 Å². The molecule has 0 aliphatic rings. The van der Waals surface area contributed by atoms with Crippen molar-refractivity contribution in [2.45, 2.75) is 13.8 Å². The molecule has 0 unspecified atom stereocenters. The van der Waals surface area contributed by atoms with E-state index in [1.807, 2.05) is 36.9 Å². The third-order valence-corrected chi connectivity index (χ3v) is 1.33. The van der Waals surface area contributed by atoms with Crippen molar-refractivity contribution < 1.29 is 0 Å². The van der Waals surface area contributed by atoms with Crippen molar-refractivity contribution in [2.24, 2.45) is 0 Å². The molecule has 0 nitrogen and oxygen atoms in total. The second kappa shape index (κ2) is 6.83. The second-order valence-electron chi connectivity index (χ2n) is 1.31. The van der Waals surface area contributed by atoms with E-state index in [4.69, 9.17) is 0 Å². The monoisotopic (exact) mass is 128 g/mol. The van der Waals surface area contributed by atoms with Crippen LogP contribution in [0.4, 0.5) is 0 Å². The molecule has 0 aliphatic carbocycles. The van der Waals surface area contributed by atoms with Crippen molar-refractivity contribution >= 4 is 11.8 Å². The van der Waals surface area contributed by atoms with Gasteiger partial charge < -0.3 is 0 Å². The van der Waals surface area contributed by atoms with Gasteiger partial charge in [-0.2, -0.15) is 0 Å². The van der Waals surface area contributed by atoms with Crippen LogP contribution < -0.4 is 0 Å². The fourth-order valence-electron chi connectivity index (χ4n) is 0.308. The molecule has 0 fully saturated rings. The highest BCUT2D eigenvalue weighted by Crippen LogP contribution is 1.98. The zero-order valence-corrected chi connectivity index (χ0v) is 6.24. The minimum absolute atomic E-state index is 1.16. The molecule has 0 saturated heterocycles. The van der Waals surface area contributed by atoms with Crippen LogP contribution in [0.1, 0.15) is 13.8 Å². The number of thioether (sulfide) groups is 1. The molecule has 0 N–H and O–H groups in total. The van der Waals surface area contributed by atoms with E-state index in [0.29, 0.717) is 0 Å². The summed E-state index contributed by atoms with van der Waals surface area (Å²) in [6.45, 7) is 4.16. The van der Waals surface area contributed by atoms with Gasteiger partial charge in [0.05, 0.1) is 0 Å². The summed E-state index contributed by atoms with van der Waals surface area (Å²) in [5, 5.41) is 2.10. The molecule has 0 amide bonds. The molecule has 0 aromatic carbocycles. The Labute approximate surface area is 55.7 Å². The van der Waals surface area contributed by atoms with Crippen molar-refractivity contribution in [3.63, 3.8) is 0 Å². The number of hydrogen-bond donors (Lipinski definition) is 0. The van der Waals surface area contributed by atoms with Crippen LogP contribution in [0.15, 0.2) is 23.6 Å². The molecule has 0 radical (unpaired) electrons. The normalized spacial score (nSPS) is 11.8. The van der Waals surface area contributed by atoms with E-state index in [0.717, 1.165) is 5.75 Å². The minimum atomic E-state index is 1.16. The molecule has 0 aliphatic heterocycles. The first-order valence-corrected chi connectivity index (χ1v) is 3.86. The molecule has 0 aromatic rings. The van der Waals surface area contributed by atoms with Crippen LogP contribution in [0.5, 0.6) is 0 Å². The second-order valence-corrected chi connectivity index (χ2v) is 2.49. The number of rotatable bonds is 3. The Morgan fingerprint density at radius 1 is 1.38 bits per heavy atom. The summed E-state index contributed by atoms with van der Waals surface area (Å²) in [6, 6.07) is 0. The molecule has 0 bridgehead atoms. The Kier molecular flexibility index (Phi) is 6.68. The van der Waals surface area contributed by atoms with E-state index in [1.54, 1.807) is 0 Å². The lowest BCUT2D eigenvalue weighted by molar-refractivity contribution is 1.54. The van der Waals surface area contributed by atoms with E-state index in [2.05, 4.69) is 12.3 Å². The predicted octanol–water partition coefficient (Wildman–Crippen LogP) is 2.83. The summed E-state index contributed by atoms with van der Waals surface area (Å²) in [4.78, 5) is 0. The number of allylic oxidation sites excluding steroid dienone is 3. The van der Waals surface area contributed by atoms with Gasteiger partial charge >= 0.3 is 0 Å². The number of hydrogen-bond acceptors (Lipinski definition) is 1. The fourth-order valence-corrected chi connectivity index (χ4v) is 0.703. The van der Waals surface area contributed by atoms with Crippen LogP contribution in [-0.4, -0.2) is 5.75 Å². The average Bonchev–Trinajstić information content (AvgIpc) is 1.81. The lowest BCUT2D eigenvalue weighted by Crippen LogP contribution is -1.55. The SMILES string of the molecule is C/C=C\C=C/SCC. The van der Waals surface area contributed by atoms with Gasteiger partial charge in [0.25, 0.3) is 0 Å². The van der Waals surface area contributed by atoms with Crippen molar-refractivity contribution in [1.82, 2.24) is 0 Å². The molecular weight excluding hydrogens is 116 g/mol. The molecule has 0 atom stereocenters. The van der Waals surface area contributed by atoms with E-state index in [-0.39, 0.29) is 0 Å². The molecule has 46 valence electrons. The van der Waals surface area contributed by atoms with Gasteiger partial charge in [-0.3, -0.25) is 0 Å². The highest BCUT2D eigenvalue weighted by Gasteiger charge is 1.66. The first kappa shape index (κ1) is 7.83. The van der Waals surface area contributed by atoms with Crippen LogP contribution in [0.25, 0.3) is 0 Å². The van der Waals surface area contributed by atoms with E-state index in [1.165, 1.54) is 0 Å². The zero-order chi connectivity index (χ0) is 6.24. The van der Waals surface area contributed by atoms with Gasteiger partial charge in [-0.25, -0.2) is 0 Å². The van der Waals surface area contributed by atoms with Crippen LogP contribution in [0.2, 0.25) is 0 Å². The molecule has 0 spiro atoms. The Bertz CT molecular complexity index is 82.4. The predicted molar refractivity (Wildman–Crippen MR) is 42.1 cm³/mol. The van der Waals surface area contributed by atoms with Gasteiger partial charge in [0, 0.05) is 0 Å². The first-order chi connectivity index (χ1) is 3.91. The van der Waals surface area contributed by atoms with Crippen molar-refractivity contribution in [3.05, 3.63) is 23.6 Å². The fraction of sp³-hybridized carbons (Fsp3) is 0.429. The minimum Gasteiger partial charge on any atom is -0.134 e. The third-order valence-electron chi connectivity index (χ3n) is 0.645. The van der Waals surface area contributed by atoms with Crippen LogP contribution >= 0.6 is 11.8 Å². The van der Waals surface area contributed by atoms with E-state index in [9.17, 15) is 0 Å². The maximum Gasteiger partial charge on any atom is -0.00544 e. The lowest BCUT2D eigenvalue weighted by Gasteiger charge is -1.78. The molecule has 8 heavy (non-hydrogen) atoms. The Morgan fingerprint density at radius 2 is 2.12 bits per heavy atom. The average molecular weight is 128 g/mol.